The summed E-state index contributed by atoms with van der Waals surface area (Å²) in [5.41, 5.74) is 1.63. The average Bonchev–Trinajstić information content (AvgIpc) is 2.04. The van der Waals surface area contributed by atoms with Crippen LogP contribution < -0.4 is 0 Å². The topological polar surface area (TPSA) is 25.8 Å². The Balaban J connectivity index is 2.83. The molecule has 0 aliphatic carbocycles. The van der Waals surface area contributed by atoms with Crippen LogP contribution in [0.1, 0.15) is 5.69 Å². The van der Waals surface area contributed by atoms with Crippen LogP contribution in [0.4, 0.5) is 0 Å². The summed E-state index contributed by atoms with van der Waals surface area (Å²) < 4.78 is 0. The monoisotopic (exact) mass is 143 g/mol. The lowest BCUT2D eigenvalue weighted by Gasteiger charge is -1.94. The fraction of sp³-hybridized carbons (Fsp3) is 0. The molecular formula is C9H7N2. The Labute approximate surface area is 64.9 Å². The van der Waals surface area contributed by atoms with E-state index in [4.69, 9.17) is 0 Å². The van der Waals surface area contributed by atoms with Gasteiger partial charge in [-0.15, -0.1) is 0 Å². The molecule has 0 aliphatic heterocycles. The quantitative estimate of drug-likeness (QED) is 0.562. The second-order valence-electron chi connectivity index (χ2n) is 2.39. The molecule has 0 aliphatic rings. The van der Waals surface area contributed by atoms with Crippen LogP contribution in [0.25, 0.3) is 10.9 Å². The van der Waals surface area contributed by atoms with E-state index in [-0.39, 0.29) is 0 Å². The van der Waals surface area contributed by atoms with Crippen LogP contribution >= 0.6 is 0 Å². The highest BCUT2D eigenvalue weighted by Crippen LogP contribution is 2.09. The van der Waals surface area contributed by atoms with Crippen LogP contribution in [0.5, 0.6) is 0 Å². The van der Waals surface area contributed by atoms with Gasteiger partial charge < -0.3 is 0 Å². The zero-order valence-electron chi connectivity index (χ0n) is 5.99. The zero-order valence-corrected chi connectivity index (χ0v) is 5.99. The van der Waals surface area contributed by atoms with Gasteiger partial charge in [0.1, 0.15) is 0 Å². The van der Waals surface area contributed by atoms with Gasteiger partial charge in [0.25, 0.3) is 0 Å². The van der Waals surface area contributed by atoms with Crippen LogP contribution in [0.3, 0.4) is 0 Å². The van der Waals surface area contributed by atoms with Gasteiger partial charge in [-0.05, 0) is 19.1 Å². The van der Waals surface area contributed by atoms with Gasteiger partial charge in [0.05, 0.1) is 11.2 Å². The third-order valence-corrected chi connectivity index (χ3v) is 1.55. The van der Waals surface area contributed by atoms with Gasteiger partial charge in [-0.3, -0.25) is 0 Å². The maximum atomic E-state index is 3.97. The number of fused-ring (bicyclic) bond motifs is 1. The van der Waals surface area contributed by atoms with E-state index < -0.39 is 0 Å². The Morgan fingerprint density at radius 3 is 2.82 bits per heavy atom. The van der Waals surface area contributed by atoms with E-state index in [2.05, 4.69) is 17.1 Å². The van der Waals surface area contributed by atoms with Crippen molar-refractivity contribution in [2.45, 2.75) is 0 Å². The molecule has 0 saturated heterocycles. The molecule has 1 radical (unpaired) electrons. The number of nitrogens with zero attached hydrogens (tertiary/aromatic N) is 2. The van der Waals surface area contributed by atoms with Gasteiger partial charge >= 0.3 is 0 Å². The van der Waals surface area contributed by atoms with Crippen LogP contribution in [0, 0.1) is 6.92 Å². The minimum Gasteiger partial charge on any atom is -0.155 e. The molecule has 53 valence electrons. The molecule has 0 amide bonds. The molecule has 2 nitrogen and oxygen atoms in total. The lowest BCUT2D eigenvalue weighted by Crippen LogP contribution is -1.85. The number of aromatic nitrogens is 2. The number of benzene rings is 1. The molecule has 0 unspecified atom stereocenters. The Bertz CT molecular complexity index is 382. The summed E-state index contributed by atoms with van der Waals surface area (Å²) in [7, 11) is 0. The van der Waals surface area contributed by atoms with E-state index in [0.29, 0.717) is 5.69 Å². The Hall–Kier alpha value is -1.44. The molecule has 2 aromatic rings. The van der Waals surface area contributed by atoms with Crippen molar-refractivity contribution in [2.75, 3.05) is 0 Å². The highest BCUT2D eigenvalue weighted by molar-refractivity contribution is 5.77. The molecule has 0 saturated carbocycles. The van der Waals surface area contributed by atoms with E-state index in [1.54, 1.807) is 0 Å². The normalized spacial score (nSPS) is 10.3. The first kappa shape index (κ1) is 6.28. The second kappa shape index (κ2) is 2.31. The van der Waals surface area contributed by atoms with E-state index in [9.17, 15) is 0 Å². The summed E-state index contributed by atoms with van der Waals surface area (Å²) in [6.45, 7) is 3.70. The fourth-order valence-corrected chi connectivity index (χ4v) is 1.03. The minimum atomic E-state index is 0.712. The summed E-state index contributed by atoms with van der Waals surface area (Å²) in [5, 5.41) is 8.90. The van der Waals surface area contributed by atoms with Crippen molar-refractivity contribution in [1.29, 1.82) is 0 Å². The van der Waals surface area contributed by atoms with E-state index in [0.717, 1.165) is 10.9 Å². The lowest BCUT2D eigenvalue weighted by molar-refractivity contribution is 1.05. The smallest absolute Gasteiger partial charge is 0.0929 e. The first-order chi connectivity index (χ1) is 5.36. The van der Waals surface area contributed by atoms with Crippen LogP contribution in [-0.4, -0.2) is 10.2 Å². The summed E-state index contributed by atoms with van der Waals surface area (Å²) in [6.07, 6.45) is 0. The van der Waals surface area contributed by atoms with Gasteiger partial charge in [-0.25, -0.2) is 0 Å². The Kier molecular flexibility index (Phi) is 1.32. The van der Waals surface area contributed by atoms with Crippen molar-refractivity contribution >= 4 is 10.9 Å². The summed E-state index contributed by atoms with van der Waals surface area (Å²) in [5.74, 6) is 0. The fourth-order valence-electron chi connectivity index (χ4n) is 1.03. The predicted octanol–water partition coefficient (Wildman–Crippen LogP) is 1.81. The molecule has 0 bridgehead atoms. The third kappa shape index (κ3) is 1.07. The second-order valence-corrected chi connectivity index (χ2v) is 2.39. The van der Waals surface area contributed by atoms with Gasteiger partial charge in [0.15, 0.2) is 0 Å². The molecule has 1 heterocycles. The van der Waals surface area contributed by atoms with E-state index in [1.807, 2.05) is 30.3 Å². The number of hydrogen-bond donors (Lipinski definition) is 0. The Morgan fingerprint density at radius 1 is 1.09 bits per heavy atom. The van der Waals surface area contributed by atoms with Crippen LogP contribution in [0.2, 0.25) is 0 Å². The van der Waals surface area contributed by atoms with Crippen molar-refractivity contribution in [1.82, 2.24) is 10.2 Å². The van der Waals surface area contributed by atoms with Crippen LogP contribution in [-0.2, 0) is 0 Å². The van der Waals surface area contributed by atoms with Gasteiger partial charge in [-0.2, -0.15) is 10.2 Å². The van der Waals surface area contributed by atoms with Gasteiger partial charge in [0.2, 0.25) is 0 Å². The van der Waals surface area contributed by atoms with Crippen molar-refractivity contribution in [3.8, 4) is 0 Å². The third-order valence-electron chi connectivity index (χ3n) is 1.55. The summed E-state index contributed by atoms with van der Waals surface area (Å²) in [4.78, 5) is 0. The Morgan fingerprint density at radius 2 is 1.91 bits per heavy atom. The highest BCUT2D eigenvalue weighted by Gasteiger charge is 1.92. The molecule has 1 aromatic heterocycles. The SMILES string of the molecule is [CH2]c1cc2ccccc2nn1. The number of hydrogen-bond acceptors (Lipinski definition) is 2. The molecular weight excluding hydrogens is 136 g/mol. The van der Waals surface area contributed by atoms with E-state index in [1.165, 1.54) is 0 Å². The molecule has 0 fully saturated rings. The maximum absolute atomic E-state index is 3.97. The maximum Gasteiger partial charge on any atom is 0.0929 e. The van der Waals surface area contributed by atoms with Crippen molar-refractivity contribution in [3.63, 3.8) is 0 Å². The zero-order chi connectivity index (χ0) is 7.68. The van der Waals surface area contributed by atoms with Gasteiger partial charge in [0, 0.05) is 5.39 Å². The average molecular weight is 143 g/mol. The first-order valence-corrected chi connectivity index (χ1v) is 3.41. The predicted molar refractivity (Wildman–Crippen MR) is 44.0 cm³/mol. The van der Waals surface area contributed by atoms with Crippen LogP contribution in [0.15, 0.2) is 30.3 Å². The van der Waals surface area contributed by atoms with E-state index >= 15 is 0 Å². The van der Waals surface area contributed by atoms with Crippen molar-refractivity contribution < 1.29 is 0 Å². The molecule has 11 heavy (non-hydrogen) atoms. The molecule has 0 atom stereocenters. The molecule has 2 heteroatoms. The van der Waals surface area contributed by atoms with Crippen molar-refractivity contribution in [3.05, 3.63) is 42.9 Å². The largest absolute Gasteiger partial charge is 0.155 e. The molecule has 0 spiro atoms. The summed E-state index contributed by atoms with van der Waals surface area (Å²) in [6, 6.07) is 9.77. The summed E-state index contributed by atoms with van der Waals surface area (Å²) >= 11 is 0. The van der Waals surface area contributed by atoms with Gasteiger partial charge in [-0.1, -0.05) is 18.2 Å². The highest BCUT2D eigenvalue weighted by atomic mass is 15.1. The molecule has 1 aromatic carbocycles. The standard InChI is InChI=1S/C9H7N2/c1-7-6-8-4-2-3-5-9(8)11-10-7/h2-6H,1H2. The molecule has 2 rings (SSSR count). The number of rotatable bonds is 0. The first-order valence-electron chi connectivity index (χ1n) is 3.41. The minimum absolute atomic E-state index is 0.712. The lowest BCUT2D eigenvalue weighted by atomic mass is 10.2. The molecule has 0 N–H and O–H groups in total. The van der Waals surface area contributed by atoms with Crippen molar-refractivity contribution in [2.24, 2.45) is 0 Å².